The summed E-state index contributed by atoms with van der Waals surface area (Å²) in [5, 5.41) is 3.15. The van der Waals surface area contributed by atoms with Crippen LogP contribution in [0.3, 0.4) is 0 Å². The maximum atomic E-state index is 13.0. The molecule has 1 heterocycles. The average molecular weight is 455 g/mol. The number of carbonyl (C=O) groups is 2. The quantitative estimate of drug-likeness (QED) is 0.626. The summed E-state index contributed by atoms with van der Waals surface area (Å²) in [6, 6.07) is 16.9. The minimum atomic E-state index is -0.743. The molecule has 1 fully saturated rings. The number of benzene rings is 2. The number of hydrogen-bond acceptors (Lipinski definition) is 4. The van der Waals surface area contributed by atoms with Crippen molar-refractivity contribution >= 4 is 29.3 Å². The number of rotatable bonds is 7. The highest BCUT2D eigenvalue weighted by molar-refractivity contribution is 7.80. The van der Waals surface area contributed by atoms with Crippen molar-refractivity contribution < 1.29 is 14.3 Å². The van der Waals surface area contributed by atoms with Gasteiger partial charge in [0, 0.05) is 26.2 Å². The molecule has 3 rings (SSSR count). The van der Waals surface area contributed by atoms with Gasteiger partial charge in [0.05, 0.1) is 0 Å². The highest BCUT2D eigenvalue weighted by atomic mass is 32.1. The van der Waals surface area contributed by atoms with Gasteiger partial charge in [-0.05, 0) is 35.3 Å². The molecule has 1 atom stereocenters. The fourth-order valence-electron chi connectivity index (χ4n) is 3.65. The van der Waals surface area contributed by atoms with E-state index >= 15 is 0 Å². The van der Waals surface area contributed by atoms with Gasteiger partial charge in [-0.2, -0.15) is 0 Å². The first kappa shape index (κ1) is 23.5. The highest BCUT2D eigenvalue weighted by Gasteiger charge is 2.36. The number of nitrogens with one attached hydrogen (secondary N) is 1. The van der Waals surface area contributed by atoms with E-state index in [0.717, 1.165) is 24.0 Å². The number of hydrogen-bond donors (Lipinski definition) is 2. The van der Waals surface area contributed by atoms with Gasteiger partial charge in [0.15, 0.2) is 5.11 Å². The van der Waals surface area contributed by atoms with Crippen molar-refractivity contribution in [2.75, 3.05) is 19.6 Å². The molecule has 0 aliphatic carbocycles. The van der Waals surface area contributed by atoms with Crippen molar-refractivity contribution in [3.8, 4) is 0 Å². The molecule has 8 heteroatoms. The first-order chi connectivity index (χ1) is 15.5. The van der Waals surface area contributed by atoms with Gasteiger partial charge in [-0.1, -0.05) is 67.9 Å². The zero-order valence-corrected chi connectivity index (χ0v) is 19.1. The Balaban J connectivity index is 1.63. The molecule has 3 N–H and O–H groups in total. The molecule has 0 spiro atoms. The molecule has 0 radical (unpaired) electrons. The summed E-state index contributed by atoms with van der Waals surface area (Å²) in [7, 11) is 0. The molecule has 2 aromatic rings. The van der Waals surface area contributed by atoms with Crippen LogP contribution in [0.2, 0.25) is 0 Å². The van der Waals surface area contributed by atoms with Crippen LogP contribution in [-0.4, -0.2) is 52.6 Å². The summed E-state index contributed by atoms with van der Waals surface area (Å²) in [5.74, 6) is -0.264. The number of aryl methyl sites for hydroxylation is 1. The summed E-state index contributed by atoms with van der Waals surface area (Å²) >= 11 is 5.09. The summed E-state index contributed by atoms with van der Waals surface area (Å²) < 4.78 is 5.47. The Morgan fingerprint density at radius 2 is 1.75 bits per heavy atom. The molecule has 7 nitrogen and oxygen atoms in total. The third kappa shape index (κ3) is 6.43. The van der Waals surface area contributed by atoms with Crippen LogP contribution in [0.25, 0.3) is 0 Å². The largest absolute Gasteiger partial charge is 0.445 e. The summed E-state index contributed by atoms with van der Waals surface area (Å²) in [4.78, 5) is 29.0. The third-order valence-corrected chi connectivity index (χ3v) is 5.72. The monoisotopic (exact) mass is 454 g/mol. The van der Waals surface area contributed by atoms with Gasteiger partial charge < -0.3 is 20.7 Å². The Bertz CT molecular complexity index is 921. The van der Waals surface area contributed by atoms with Crippen molar-refractivity contribution in [1.29, 1.82) is 0 Å². The lowest BCUT2D eigenvalue weighted by atomic mass is 10.1. The van der Waals surface area contributed by atoms with E-state index in [0.29, 0.717) is 19.6 Å². The molecule has 0 aromatic heterocycles. The molecule has 170 valence electrons. The van der Waals surface area contributed by atoms with E-state index in [-0.39, 0.29) is 24.2 Å². The molecular formula is C24H30N4O3S. The molecule has 1 saturated heterocycles. The van der Waals surface area contributed by atoms with Crippen LogP contribution in [0.1, 0.15) is 30.0 Å². The van der Waals surface area contributed by atoms with E-state index in [1.807, 2.05) is 42.5 Å². The van der Waals surface area contributed by atoms with Crippen LogP contribution in [0.4, 0.5) is 4.79 Å². The first-order valence-corrected chi connectivity index (χ1v) is 11.3. The minimum absolute atomic E-state index is 0.146. The van der Waals surface area contributed by atoms with E-state index in [9.17, 15) is 9.59 Å². The summed E-state index contributed by atoms with van der Waals surface area (Å²) in [6.45, 7) is 3.66. The molecule has 1 aliphatic rings. The number of amides is 2. The number of carbonyl (C=O) groups excluding carboxylic acids is 2. The topological polar surface area (TPSA) is 87.9 Å². The Morgan fingerprint density at radius 3 is 2.41 bits per heavy atom. The van der Waals surface area contributed by atoms with E-state index in [4.69, 9.17) is 22.7 Å². The van der Waals surface area contributed by atoms with Crippen molar-refractivity contribution in [3.05, 3.63) is 71.3 Å². The zero-order chi connectivity index (χ0) is 22.9. The second kappa shape index (κ2) is 11.5. The van der Waals surface area contributed by atoms with Crippen molar-refractivity contribution in [3.63, 3.8) is 0 Å². The summed E-state index contributed by atoms with van der Waals surface area (Å²) in [5.41, 5.74) is 8.94. The van der Waals surface area contributed by atoms with Gasteiger partial charge in [-0.15, -0.1) is 0 Å². The Morgan fingerprint density at radius 1 is 1.06 bits per heavy atom. The first-order valence-electron chi connectivity index (χ1n) is 10.8. The smallest absolute Gasteiger partial charge is 0.410 e. The van der Waals surface area contributed by atoms with Crippen molar-refractivity contribution in [1.82, 2.24) is 15.1 Å². The summed E-state index contributed by atoms with van der Waals surface area (Å²) in [6.07, 6.45) is 1.59. The Labute approximate surface area is 194 Å². The second-order valence-electron chi connectivity index (χ2n) is 7.82. The van der Waals surface area contributed by atoms with Gasteiger partial charge in [0.25, 0.3) is 0 Å². The molecular weight excluding hydrogens is 424 g/mol. The van der Waals surface area contributed by atoms with Crippen LogP contribution in [0.5, 0.6) is 0 Å². The minimum Gasteiger partial charge on any atom is -0.445 e. The zero-order valence-electron chi connectivity index (χ0n) is 18.3. The number of thiocarbonyl (C=S) groups is 1. The van der Waals surface area contributed by atoms with Gasteiger partial charge in [-0.3, -0.25) is 9.69 Å². The van der Waals surface area contributed by atoms with Crippen LogP contribution >= 0.6 is 12.2 Å². The second-order valence-corrected chi connectivity index (χ2v) is 8.24. The number of piperazine rings is 1. The molecule has 0 bridgehead atoms. The van der Waals surface area contributed by atoms with Gasteiger partial charge in [0.2, 0.25) is 5.91 Å². The standard InChI is InChI=1S/C24H30N4O3S/c1-2-6-18-9-11-19(12-10-18)15-26-22(29)21-16-27(23(25)32)13-14-28(21)24(30)31-17-20-7-4-3-5-8-20/h3-5,7-12,21H,2,6,13-17H2,1H3,(H2,25,32)(H,26,29)/t21-/m1/s1. The van der Waals surface area contributed by atoms with E-state index in [1.165, 1.54) is 10.5 Å². The van der Waals surface area contributed by atoms with Crippen LogP contribution in [0.15, 0.2) is 54.6 Å². The lowest BCUT2D eigenvalue weighted by molar-refractivity contribution is -0.127. The normalized spacial score (nSPS) is 15.8. The van der Waals surface area contributed by atoms with Crippen LogP contribution in [0, 0.1) is 0 Å². The Hall–Kier alpha value is -3.13. The molecule has 2 amide bonds. The van der Waals surface area contributed by atoms with Gasteiger partial charge in [-0.25, -0.2) is 4.79 Å². The lowest BCUT2D eigenvalue weighted by Gasteiger charge is -2.40. The van der Waals surface area contributed by atoms with E-state index < -0.39 is 12.1 Å². The van der Waals surface area contributed by atoms with Crippen molar-refractivity contribution in [2.24, 2.45) is 5.73 Å². The number of nitrogens with two attached hydrogens (primary N) is 1. The Kier molecular flexibility index (Phi) is 8.44. The number of ether oxygens (including phenoxy) is 1. The van der Waals surface area contributed by atoms with E-state index in [1.54, 1.807) is 4.90 Å². The van der Waals surface area contributed by atoms with E-state index in [2.05, 4.69) is 24.4 Å². The fraction of sp³-hybridized carbons (Fsp3) is 0.375. The third-order valence-electron chi connectivity index (χ3n) is 5.46. The predicted molar refractivity (Wildman–Crippen MR) is 128 cm³/mol. The molecule has 0 saturated carbocycles. The van der Waals surface area contributed by atoms with Gasteiger partial charge in [0.1, 0.15) is 12.6 Å². The maximum absolute atomic E-state index is 13.0. The molecule has 2 aromatic carbocycles. The lowest BCUT2D eigenvalue weighted by Crippen LogP contribution is -2.62. The molecule has 0 unspecified atom stereocenters. The number of nitrogens with zero attached hydrogens (tertiary/aromatic N) is 2. The molecule has 32 heavy (non-hydrogen) atoms. The molecule has 1 aliphatic heterocycles. The average Bonchev–Trinajstić information content (AvgIpc) is 2.82. The van der Waals surface area contributed by atoms with Crippen molar-refractivity contribution in [2.45, 2.75) is 39.0 Å². The predicted octanol–water partition coefficient (Wildman–Crippen LogP) is 2.82. The maximum Gasteiger partial charge on any atom is 0.410 e. The van der Waals surface area contributed by atoms with Crippen LogP contribution in [-0.2, 0) is 29.1 Å². The van der Waals surface area contributed by atoms with Crippen LogP contribution < -0.4 is 11.1 Å². The van der Waals surface area contributed by atoms with Gasteiger partial charge >= 0.3 is 6.09 Å². The highest BCUT2D eigenvalue weighted by Crippen LogP contribution is 2.14. The SMILES string of the molecule is CCCc1ccc(CNC(=O)[C@H]2CN(C(N)=S)CCN2C(=O)OCc2ccccc2)cc1. The fourth-order valence-corrected chi connectivity index (χ4v) is 3.81.